The molecule has 1 fully saturated rings. The fourth-order valence-corrected chi connectivity index (χ4v) is 2.65. The third-order valence-corrected chi connectivity index (χ3v) is 3.79. The van der Waals surface area contributed by atoms with Crippen LogP contribution in [0.1, 0.15) is 36.8 Å². The zero-order valence-electron chi connectivity index (χ0n) is 11.7. The first-order valence-corrected chi connectivity index (χ1v) is 6.91. The Kier molecular flexibility index (Phi) is 4.56. The highest BCUT2D eigenvalue weighted by Gasteiger charge is 2.35. The summed E-state index contributed by atoms with van der Waals surface area (Å²) in [5.41, 5.74) is -0.551. The van der Waals surface area contributed by atoms with Gasteiger partial charge in [-0.05, 0) is 24.0 Å². The molecule has 0 bridgehead atoms. The fourth-order valence-electron chi connectivity index (χ4n) is 2.65. The number of aliphatic hydroxyl groups excluding tert-OH is 1. The molecule has 0 saturated carbocycles. The molecule has 1 N–H and O–H groups in total. The molecule has 0 spiro atoms. The van der Waals surface area contributed by atoms with Crippen LogP contribution in [0.15, 0.2) is 24.3 Å². The van der Waals surface area contributed by atoms with Crippen LogP contribution < -0.4 is 0 Å². The number of aliphatic hydroxyl groups is 1. The van der Waals surface area contributed by atoms with Crippen LogP contribution >= 0.6 is 0 Å². The van der Waals surface area contributed by atoms with E-state index in [1.54, 1.807) is 13.0 Å². The van der Waals surface area contributed by atoms with Crippen molar-refractivity contribution < 1.29 is 23.1 Å². The van der Waals surface area contributed by atoms with E-state index in [4.69, 9.17) is 0 Å². The summed E-state index contributed by atoms with van der Waals surface area (Å²) in [6.07, 6.45) is -4.40. The van der Waals surface area contributed by atoms with Crippen LogP contribution in [0, 0.1) is 0 Å². The largest absolute Gasteiger partial charge is 0.416 e. The van der Waals surface area contributed by atoms with Crippen molar-refractivity contribution in [2.45, 2.75) is 38.0 Å². The van der Waals surface area contributed by atoms with Gasteiger partial charge >= 0.3 is 6.18 Å². The number of benzene rings is 1. The molecular formula is C15H18F3NO2. The smallest absolute Gasteiger partial charge is 0.391 e. The number of carbonyl (C=O) groups is 1. The fraction of sp³-hybridized carbons (Fsp3) is 0.533. The summed E-state index contributed by atoms with van der Waals surface area (Å²) in [5, 5.41) is 9.41. The number of hydrogen-bond acceptors (Lipinski definition) is 2. The molecule has 1 heterocycles. The summed E-state index contributed by atoms with van der Waals surface area (Å²) < 4.78 is 38.9. The highest BCUT2D eigenvalue weighted by molar-refractivity contribution is 5.77. The van der Waals surface area contributed by atoms with Gasteiger partial charge in [0.25, 0.3) is 0 Å². The maximum absolute atomic E-state index is 13.0. The zero-order chi connectivity index (χ0) is 15.6. The molecule has 0 radical (unpaired) electrons. The van der Waals surface area contributed by atoms with E-state index in [0.29, 0.717) is 13.0 Å². The summed E-state index contributed by atoms with van der Waals surface area (Å²) in [7, 11) is 0. The van der Waals surface area contributed by atoms with Crippen LogP contribution in [0.4, 0.5) is 13.2 Å². The molecule has 21 heavy (non-hydrogen) atoms. The second-order valence-corrected chi connectivity index (χ2v) is 5.47. The molecule has 2 atom stereocenters. The Labute approximate surface area is 121 Å². The predicted molar refractivity (Wildman–Crippen MR) is 71.7 cm³/mol. The molecule has 3 nitrogen and oxygen atoms in total. The van der Waals surface area contributed by atoms with Gasteiger partial charge in [0, 0.05) is 19.5 Å². The molecular weight excluding hydrogens is 283 g/mol. The normalized spacial score (nSPS) is 20.6. The number of β-amino-alcohol motifs (C(OH)–C–C–N with tert-alkyl or cyclic N) is 1. The SMILES string of the molecule is CC(CC(=O)N1CC[C@@H](O)C1)c1ccccc1C(F)(F)F. The number of likely N-dealkylation sites (tertiary alicyclic amines) is 1. The lowest BCUT2D eigenvalue weighted by atomic mass is 9.92. The average Bonchev–Trinajstić information content (AvgIpc) is 2.84. The summed E-state index contributed by atoms with van der Waals surface area (Å²) in [5.74, 6) is -0.732. The van der Waals surface area contributed by atoms with Crippen LogP contribution in [-0.4, -0.2) is 35.1 Å². The van der Waals surface area contributed by atoms with Gasteiger partial charge in [-0.3, -0.25) is 4.79 Å². The molecule has 0 aliphatic carbocycles. The van der Waals surface area contributed by atoms with Crippen LogP contribution in [0.5, 0.6) is 0 Å². The van der Waals surface area contributed by atoms with Crippen molar-refractivity contribution in [1.82, 2.24) is 4.90 Å². The van der Waals surface area contributed by atoms with Gasteiger partial charge in [-0.15, -0.1) is 0 Å². The van der Waals surface area contributed by atoms with E-state index in [0.717, 1.165) is 6.07 Å². The van der Waals surface area contributed by atoms with Crippen molar-refractivity contribution in [3.8, 4) is 0 Å². The highest BCUT2D eigenvalue weighted by atomic mass is 19.4. The minimum atomic E-state index is -4.42. The molecule has 1 saturated heterocycles. The van der Waals surface area contributed by atoms with Gasteiger partial charge in [0.2, 0.25) is 5.91 Å². The number of hydrogen-bond donors (Lipinski definition) is 1. The summed E-state index contributed by atoms with van der Waals surface area (Å²) in [4.78, 5) is 13.6. The molecule has 6 heteroatoms. The van der Waals surface area contributed by atoms with Crippen LogP contribution in [0.25, 0.3) is 0 Å². The van der Waals surface area contributed by atoms with Crippen LogP contribution in [0.2, 0.25) is 0 Å². The monoisotopic (exact) mass is 301 g/mol. The number of alkyl halides is 3. The third kappa shape index (κ3) is 3.75. The molecule has 1 aromatic rings. The van der Waals surface area contributed by atoms with Crippen molar-refractivity contribution >= 4 is 5.91 Å². The van der Waals surface area contributed by atoms with Gasteiger partial charge < -0.3 is 10.0 Å². The van der Waals surface area contributed by atoms with Crippen molar-refractivity contribution in [1.29, 1.82) is 0 Å². The maximum atomic E-state index is 13.0. The van der Waals surface area contributed by atoms with Gasteiger partial charge in [0.1, 0.15) is 0 Å². The van der Waals surface area contributed by atoms with Crippen molar-refractivity contribution in [2.24, 2.45) is 0 Å². The van der Waals surface area contributed by atoms with Gasteiger partial charge in [-0.1, -0.05) is 25.1 Å². The minimum Gasteiger partial charge on any atom is -0.391 e. The van der Waals surface area contributed by atoms with E-state index in [1.165, 1.54) is 17.0 Å². The van der Waals surface area contributed by atoms with E-state index >= 15 is 0 Å². The third-order valence-electron chi connectivity index (χ3n) is 3.79. The number of amides is 1. The quantitative estimate of drug-likeness (QED) is 0.932. The van der Waals surface area contributed by atoms with Gasteiger partial charge in [0.15, 0.2) is 0 Å². The topological polar surface area (TPSA) is 40.5 Å². The van der Waals surface area contributed by atoms with Gasteiger partial charge in [-0.25, -0.2) is 0 Å². The lowest BCUT2D eigenvalue weighted by molar-refractivity contribution is -0.139. The summed E-state index contributed by atoms with van der Waals surface area (Å²) >= 11 is 0. The molecule has 1 amide bonds. The standard InChI is InChI=1S/C15H18F3NO2/c1-10(8-14(21)19-7-6-11(20)9-19)12-4-2-3-5-13(12)15(16,17)18/h2-5,10-11,20H,6-9H2,1H3/t10?,11-/m1/s1. The Morgan fingerprint density at radius 3 is 2.67 bits per heavy atom. The first-order valence-electron chi connectivity index (χ1n) is 6.91. The lowest BCUT2D eigenvalue weighted by Gasteiger charge is -2.21. The summed E-state index contributed by atoms with van der Waals surface area (Å²) in [6, 6.07) is 5.35. The lowest BCUT2D eigenvalue weighted by Crippen LogP contribution is -2.30. The van der Waals surface area contributed by atoms with Crippen LogP contribution in [0.3, 0.4) is 0 Å². The molecule has 1 aliphatic heterocycles. The Bertz CT molecular complexity index is 516. The number of nitrogens with zero attached hydrogens (tertiary/aromatic N) is 1. The maximum Gasteiger partial charge on any atom is 0.416 e. The van der Waals surface area contributed by atoms with E-state index in [9.17, 15) is 23.1 Å². The summed E-state index contributed by atoms with van der Waals surface area (Å²) in [6.45, 7) is 2.36. The number of halogens is 3. The van der Waals surface area contributed by atoms with E-state index < -0.39 is 23.8 Å². The van der Waals surface area contributed by atoms with E-state index in [-0.39, 0.29) is 24.4 Å². The molecule has 2 rings (SSSR count). The van der Waals surface area contributed by atoms with E-state index in [1.807, 2.05) is 0 Å². The zero-order valence-corrected chi connectivity index (χ0v) is 11.7. The molecule has 1 aliphatic rings. The Balaban J connectivity index is 2.10. The molecule has 116 valence electrons. The molecule has 1 aromatic carbocycles. The number of rotatable bonds is 3. The van der Waals surface area contributed by atoms with Crippen LogP contribution in [-0.2, 0) is 11.0 Å². The Hall–Kier alpha value is -1.56. The highest BCUT2D eigenvalue weighted by Crippen LogP contribution is 2.36. The second-order valence-electron chi connectivity index (χ2n) is 5.47. The number of carbonyl (C=O) groups excluding carboxylic acids is 1. The van der Waals surface area contributed by atoms with Crippen molar-refractivity contribution in [2.75, 3.05) is 13.1 Å². The minimum absolute atomic E-state index is 0.0137. The first kappa shape index (κ1) is 15.8. The average molecular weight is 301 g/mol. The second kappa shape index (κ2) is 6.05. The van der Waals surface area contributed by atoms with Crippen molar-refractivity contribution in [3.63, 3.8) is 0 Å². The Morgan fingerprint density at radius 1 is 1.43 bits per heavy atom. The van der Waals surface area contributed by atoms with Gasteiger partial charge in [0.05, 0.1) is 11.7 Å². The Morgan fingerprint density at radius 2 is 2.10 bits per heavy atom. The molecule has 1 unspecified atom stereocenters. The van der Waals surface area contributed by atoms with Gasteiger partial charge in [-0.2, -0.15) is 13.2 Å². The van der Waals surface area contributed by atoms with E-state index in [2.05, 4.69) is 0 Å². The predicted octanol–water partition coefficient (Wildman–Crippen LogP) is 2.79. The molecule has 0 aromatic heterocycles. The first-order chi connectivity index (χ1) is 9.79. The van der Waals surface area contributed by atoms with Crippen molar-refractivity contribution in [3.05, 3.63) is 35.4 Å².